The first-order valence-corrected chi connectivity index (χ1v) is 20.6. The summed E-state index contributed by atoms with van der Waals surface area (Å²) in [4.78, 5) is 35.1. The van der Waals surface area contributed by atoms with Crippen LogP contribution < -0.4 is 0 Å². The largest absolute Gasteiger partial charge is 0.462 e. The van der Waals surface area contributed by atoms with Crippen molar-refractivity contribution in [1.29, 1.82) is 0 Å². The Balaban J connectivity index is 1.25. The van der Waals surface area contributed by atoms with Crippen LogP contribution in [-0.4, -0.2) is 126 Å². The first kappa shape index (κ1) is 41.7. The van der Waals surface area contributed by atoms with E-state index in [2.05, 4.69) is 43.8 Å². The van der Waals surface area contributed by atoms with Crippen LogP contribution in [0.3, 0.4) is 0 Å². The second-order valence-electron chi connectivity index (χ2n) is 17.2. The van der Waals surface area contributed by atoms with E-state index in [0.717, 1.165) is 51.4 Å². The summed E-state index contributed by atoms with van der Waals surface area (Å²) < 4.78 is 49.7. The van der Waals surface area contributed by atoms with Crippen LogP contribution in [0.25, 0.3) is 4.85 Å². The van der Waals surface area contributed by atoms with E-state index in [1.807, 2.05) is 13.8 Å². The monoisotopic (exact) mass is 759 g/mol. The number of rotatable bonds is 9. The van der Waals surface area contributed by atoms with Crippen molar-refractivity contribution in [2.45, 2.75) is 165 Å². The molecule has 6 aliphatic rings. The van der Waals surface area contributed by atoms with E-state index in [4.69, 9.17) is 44.5 Å². The van der Waals surface area contributed by atoms with E-state index in [0.29, 0.717) is 18.0 Å². The van der Waals surface area contributed by atoms with Gasteiger partial charge >= 0.3 is 5.97 Å². The highest BCUT2D eigenvalue weighted by Gasteiger charge is 2.60. The van der Waals surface area contributed by atoms with Crippen LogP contribution in [0.1, 0.15) is 91.9 Å². The van der Waals surface area contributed by atoms with Crippen molar-refractivity contribution in [3.8, 4) is 6.57 Å². The fourth-order valence-corrected chi connectivity index (χ4v) is 11.1. The molecule has 54 heavy (non-hydrogen) atoms. The zero-order chi connectivity index (χ0) is 38.8. The fourth-order valence-electron chi connectivity index (χ4n) is 11.1. The third-order valence-electron chi connectivity index (χ3n) is 13.9. The summed E-state index contributed by atoms with van der Waals surface area (Å²) >= 11 is 0. The van der Waals surface area contributed by atoms with Gasteiger partial charge in [-0.1, -0.05) is 24.8 Å². The molecule has 0 bridgehead atoms. The minimum Gasteiger partial charge on any atom is -0.462 e. The molecule has 18 atom stereocenters. The molecule has 0 aromatic rings. The Kier molecular flexibility index (Phi) is 14.0. The maximum absolute atomic E-state index is 14.8. The number of esters is 1. The predicted octanol–water partition coefficient (Wildman–Crippen LogP) is 5.65. The summed E-state index contributed by atoms with van der Waals surface area (Å²) in [6.45, 7) is 14.3. The van der Waals surface area contributed by atoms with Gasteiger partial charge in [-0.05, 0) is 103 Å². The summed E-state index contributed by atoms with van der Waals surface area (Å²) in [5, 5.41) is 0. The quantitative estimate of drug-likeness (QED) is 0.272. The first-order valence-electron chi connectivity index (χ1n) is 20.6. The Hall–Kier alpha value is -1.95. The summed E-state index contributed by atoms with van der Waals surface area (Å²) in [6.07, 6.45) is 6.42. The number of Topliss-reactive ketones (excluding diaryl/α,β-unsaturated/α-hetero) is 1. The molecule has 6 rings (SSSR count). The number of cyclic esters (lactones) is 1. The van der Waals surface area contributed by atoms with Gasteiger partial charge < -0.3 is 42.8 Å². The number of likely N-dealkylation sites (N-methyl/N-ethyl adjacent to an activating group) is 1. The molecular formula is C42H67N2O10+. The van der Waals surface area contributed by atoms with Gasteiger partial charge in [0.25, 0.3) is 12.6 Å². The number of hydrogen-bond donors (Lipinski definition) is 0. The Morgan fingerprint density at radius 1 is 0.889 bits per heavy atom. The molecule has 5 fully saturated rings. The number of carbonyl (C=O) groups excluding carboxylic acids is 2. The Morgan fingerprint density at radius 2 is 1.63 bits per heavy atom. The zero-order valence-electron chi connectivity index (χ0n) is 34.1. The smallest absolute Gasteiger partial charge is 0.306 e. The lowest BCUT2D eigenvalue weighted by molar-refractivity contribution is -0.314. The van der Waals surface area contributed by atoms with Gasteiger partial charge in [0, 0.05) is 45.6 Å². The maximum Gasteiger partial charge on any atom is 0.306 e. The predicted molar refractivity (Wildman–Crippen MR) is 202 cm³/mol. The molecule has 0 aromatic carbocycles. The summed E-state index contributed by atoms with van der Waals surface area (Å²) in [6, 6.07) is 0.120. The number of methoxy groups -OCH3 is 3. The molecule has 0 amide bonds. The van der Waals surface area contributed by atoms with Gasteiger partial charge in [0.05, 0.1) is 36.8 Å². The van der Waals surface area contributed by atoms with Crippen molar-refractivity contribution in [2.75, 3.05) is 35.4 Å². The SMILES string of the molecule is C#[N+][C@H]1C[C@@H]2C[C@@H](O[C@@H]3OC(C)[C@H](OC)C(OC)C3OC)C[C@H]2[C@@H]2C=C3C(=O)[C@H](C)[C@@H](O[C@H]4CC[C@H](N(C)C)C(C)O4)CCC[C@H](CC)OC(=O)C[C@H]3[C@@H]21. The molecule has 2 saturated carbocycles. The van der Waals surface area contributed by atoms with Crippen LogP contribution in [0.5, 0.6) is 0 Å². The van der Waals surface area contributed by atoms with Crippen LogP contribution in [0.4, 0.5) is 0 Å². The van der Waals surface area contributed by atoms with Crippen molar-refractivity contribution in [3.63, 3.8) is 0 Å². The van der Waals surface area contributed by atoms with E-state index < -0.39 is 18.3 Å². The van der Waals surface area contributed by atoms with Crippen molar-refractivity contribution < 1.29 is 47.5 Å². The maximum atomic E-state index is 14.8. The number of allylic oxidation sites excluding steroid dienone is 2. The normalized spacial score (nSPS) is 46.0. The zero-order valence-corrected chi connectivity index (χ0v) is 34.1. The number of ether oxygens (including phenoxy) is 8. The Morgan fingerprint density at radius 3 is 2.28 bits per heavy atom. The topological polar surface area (TPSA) is 116 Å². The van der Waals surface area contributed by atoms with Crippen LogP contribution in [0.15, 0.2) is 11.6 Å². The Labute approximate surface area is 323 Å². The molecular weight excluding hydrogens is 692 g/mol. The number of hydrogen-bond acceptors (Lipinski definition) is 11. The highest BCUT2D eigenvalue weighted by molar-refractivity contribution is 5.99. The van der Waals surface area contributed by atoms with Gasteiger partial charge in [0.15, 0.2) is 18.4 Å². The molecule has 4 unspecified atom stereocenters. The minimum atomic E-state index is -0.625. The highest BCUT2D eigenvalue weighted by atomic mass is 16.7. The number of nitrogens with zero attached hydrogens (tertiary/aromatic N) is 2. The van der Waals surface area contributed by atoms with E-state index in [9.17, 15) is 9.59 Å². The molecule has 3 aliphatic heterocycles. The van der Waals surface area contributed by atoms with Crippen molar-refractivity contribution >= 4 is 11.8 Å². The molecule has 0 radical (unpaired) electrons. The minimum absolute atomic E-state index is 0.0181. The van der Waals surface area contributed by atoms with Crippen molar-refractivity contribution in [3.05, 3.63) is 16.5 Å². The van der Waals surface area contributed by atoms with E-state index in [1.54, 1.807) is 21.3 Å². The Bertz CT molecular complexity index is 1370. The second-order valence-corrected chi connectivity index (χ2v) is 17.2. The highest BCUT2D eigenvalue weighted by Crippen LogP contribution is 2.57. The average molecular weight is 760 g/mol. The van der Waals surface area contributed by atoms with Crippen LogP contribution in [0.2, 0.25) is 0 Å². The van der Waals surface area contributed by atoms with Gasteiger partial charge in [-0.2, -0.15) is 0 Å². The third-order valence-corrected chi connectivity index (χ3v) is 13.9. The average Bonchev–Trinajstić information content (AvgIpc) is 3.73. The molecule has 3 heterocycles. The van der Waals surface area contributed by atoms with Gasteiger partial charge in [0.2, 0.25) is 0 Å². The van der Waals surface area contributed by atoms with Crippen LogP contribution in [-0.2, 0) is 47.5 Å². The fraction of sp³-hybridized carbons (Fsp3) is 0.881. The van der Waals surface area contributed by atoms with E-state index >= 15 is 0 Å². The number of fused-ring (bicyclic) bond motifs is 5. The molecule has 0 N–H and O–H groups in total. The third kappa shape index (κ3) is 8.50. The van der Waals surface area contributed by atoms with Gasteiger partial charge in [-0.3, -0.25) is 9.59 Å². The second kappa shape index (κ2) is 18.1. The lowest BCUT2D eigenvalue weighted by Crippen LogP contribution is -2.59. The standard InChI is InChI=1S/C42H67N2O10/c1-11-26-13-12-14-34(54-36-16-15-33(44(6)7)23(3)50-36)22(2)38(46)31-20-29-28-19-27(53-42-41(49-10)40(48-9)39(47-8)24(4)51-42)17-25(28)18-32(43-5)37(29)30(31)21-35(45)52-26/h5,20,22-30,32-34,36-37,39-42H,11-19,21H2,1-4,6-10H3/q+1/t22-,23?,24?,25+,26+,27-,28-,29+,30-,32+,33+,34+,36+,37-,39+,40?,41?,42+/m1/s1. The van der Waals surface area contributed by atoms with Crippen LogP contribution in [0, 0.1) is 42.1 Å². The van der Waals surface area contributed by atoms with E-state index in [1.165, 1.54) is 0 Å². The van der Waals surface area contributed by atoms with Gasteiger partial charge in [-0.15, -0.1) is 0 Å². The molecule has 3 saturated heterocycles. The van der Waals surface area contributed by atoms with Crippen LogP contribution >= 0.6 is 0 Å². The van der Waals surface area contributed by atoms with Crippen molar-refractivity contribution in [2.24, 2.45) is 35.5 Å². The summed E-state index contributed by atoms with van der Waals surface area (Å²) in [5.74, 6) is -0.511. The summed E-state index contributed by atoms with van der Waals surface area (Å²) in [7, 11) is 9.11. The molecule has 0 spiro atoms. The molecule has 0 aromatic heterocycles. The molecule has 12 heteroatoms. The van der Waals surface area contributed by atoms with Gasteiger partial charge in [-0.25, -0.2) is 0 Å². The van der Waals surface area contributed by atoms with E-state index in [-0.39, 0.29) is 103 Å². The molecule has 12 nitrogen and oxygen atoms in total. The number of carbonyl (C=O) groups is 2. The lowest BCUT2D eigenvalue weighted by Gasteiger charge is -2.44. The number of ketones is 1. The summed E-state index contributed by atoms with van der Waals surface area (Å²) in [5.41, 5.74) is 0.707. The first-order chi connectivity index (χ1) is 25.9. The lowest BCUT2D eigenvalue weighted by atomic mass is 9.64. The molecule has 304 valence electrons. The van der Waals surface area contributed by atoms with Gasteiger partial charge in [0.1, 0.15) is 24.4 Å². The molecule has 3 aliphatic carbocycles. The van der Waals surface area contributed by atoms with Crippen molar-refractivity contribution in [1.82, 2.24) is 4.90 Å².